The molecule has 3 aromatic rings. The molecule has 3 aliphatic rings. The number of anilines is 1. The third kappa shape index (κ3) is 12.5. The third-order valence-corrected chi connectivity index (χ3v) is 14.4. The summed E-state index contributed by atoms with van der Waals surface area (Å²) in [6.45, 7) is 20.4. The minimum atomic E-state index is -0.922. The van der Waals surface area contributed by atoms with Crippen LogP contribution in [0.15, 0.2) is 60.8 Å². The molecule has 2 aliphatic heterocycles. The number of nitrogens with one attached hydrogen (secondary N) is 2. The Morgan fingerprint density at radius 2 is 1.64 bits per heavy atom. The van der Waals surface area contributed by atoms with Crippen LogP contribution in [0, 0.1) is 39.9 Å². The Morgan fingerprint density at radius 3 is 2.24 bits per heavy atom. The molecular formula is C51H67Cl2N7O7. The van der Waals surface area contributed by atoms with Gasteiger partial charge in [0, 0.05) is 92.3 Å². The van der Waals surface area contributed by atoms with E-state index < -0.39 is 30.2 Å². The van der Waals surface area contributed by atoms with Gasteiger partial charge in [0.1, 0.15) is 41.9 Å². The number of carbonyl (C=O) groups is 4. The number of likely N-dealkylation sites (tertiary alicyclic amines) is 1. The zero-order valence-corrected chi connectivity index (χ0v) is 41.6. The molecule has 0 radical (unpaired) electrons. The summed E-state index contributed by atoms with van der Waals surface area (Å²) in [5.41, 5.74) is 1.24. The molecule has 3 N–H and O–H groups in total. The molecule has 0 spiro atoms. The van der Waals surface area contributed by atoms with Crippen molar-refractivity contribution in [2.45, 2.75) is 112 Å². The van der Waals surface area contributed by atoms with Crippen molar-refractivity contribution in [2.24, 2.45) is 28.6 Å². The van der Waals surface area contributed by atoms with Gasteiger partial charge in [-0.1, -0.05) is 90.7 Å². The summed E-state index contributed by atoms with van der Waals surface area (Å²) in [7, 11) is 0. The van der Waals surface area contributed by atoms with E-state index in [0.717, 1.165) is 37.6 Å². The highest BCUT2D eigenvalue weighted by molar-refractivity contribution is 6.31. The molecule has 3 fully saturated rings. The van der Waals surface area contributed by atoms with E-state index in [4.69, 9.17) is 37.7 Å². The minimum absolute atomic E-state index is 0.00682. The van der Waals surface area contributed by atoms with Gasteiger partial charge in [-0.15, -0.1) is 0 Å². The van der Waals surface area contributed by atoms with Gasteiger partial charge >= 0.3 is 0 Å². The standard InChI is InChI=1S/C51H67Cl2N7O7/c1-31(2)23-42(47(64)57-45(32(3)4)48(65)60-30-37(61)24-40(60)46(63)56-28-33-9-13-36(52)14-10-33)66-22-21-58-17-19-59(20-18-58)44-16-12-35(29-55-44)41(62)26-43-50(5,6)49(51(43,7)8)67-38-15-11-34(27-54)39(53)25-38/h9-16,25,29,31-32,37,40,42-43,45,49,61H,17-24,26,28,30H2,1-8H3,(H,56,63)(H,57,64)/t37-,40+,42+,43?,45+,49?/m1/s1. The molecule has 3 heterocycles. The molecule has 0 bridgehead atoms. The number of piperazine rings is 1. The summed E-state index contributed by atoms with van der Waals surface area (Å²) < 4.78 is 12.7. The molecule has 362 valence electrons. The Balaban J connectivity index is 0.961. The van der Waals surface area contributed by atoms with Gasteiger partial charge in [-0.2, -0.15) is 5.26 Å². The molecule has 0 unspecified atom stereocenters. The van der Waals surface area contributed by atoms with Crippen LogP contribution in [-0.2, 0) is 25.7 Å². The number of hydrogen-bond donors (Lipinski definition) is 3. The van der Waals surface area contributed by atoms with Crippen molar-refractivity contribution >= 4 is 52.5 Å². The smallest absolute Gasteiger partial charge is 0.249 e. The van der Waals surface area contributed by atoms with E-state index in [2.05, 4.69) is 54.2 Å². The topological polar surface area (TPSA) is 177 Å². The van der Waals surface area contributed by atoms with E-state index in [1.807, 2.05) is 52.0 Å². The fourth-order valence-corrected chi connectivity index (χ4v) is 10.5. The van der Waals surface area contributed by atoms with E-state index >= 15 is 0 Å². The van der Waals surface area contributed by atoms with E-state index in [-0.39, 0.29) is 71.8 Å². The molecule has 1 saturated carbocycles. The first kappa shape index (κ1) is 51.6. The molecular weight excluding hydrogens is 894 g/mol. The van der Waals surface area contributed by atoms with Gasteiger partial charge in [-0.3, -0.25) is 24.1 Å². The maximum Gasteiger partial charge on any atom is 0.249 e. The van der Waals surface area contributed by atoms with Crippen molar-refractivity contribution in [1.82, 2.24) is 25.4 Å². The summed E-state index contributed by atoms with van der Waals surface area (Å²) in [6.07, 6.45) is 0.794. The fraction of sp³-hybridized carbons (Fsp3) is 0.569. The summed E-state index contributed by atoms with van der Waals surface area (Å²) in [5.74, 6) is 0.192. The number of nitriles is 1. The molecule has 2 saturated heterocycles. The second-order valence-corrected chi connectivity index (χ2v) is 21.1. The quantitative estimate of drug-likeness (QED) is 0.106. The van der Waals surface area contributed by atoms with Crippen LogP contribution < -0.4 is 20.3 Å². The number of pyridine rings is 1. The molecule has 4 atom stereocenters. The lowest BCUT2D eigenvalue weighted by atomic mass is 9.44. The number of aliphatic hydroxyl groups is 1. The average Bonchev–Trinajstić information content (AvgIpc) is 3.69. The average molecular weight is 961 g/mol. The summed E-state index contributed by atoms with van der Waals surface area (Å²) >= 11 is 12.3. The molecule has 1 aliphatic carbocycles. The van der Waals surface area contributed by atoms with Gasteiger partial charge in [0.05, 0.1) is 23.3 Å². The van der Waals surface area contributed by atoms with Gasteiger partial charge in [0.2, 0.25) is 17.7 Å². The Kier molecular flexibility index (Phi) is 17.0. The molecule has 1 aromatic heterocycles. The van der Waals surface area contributed by atoms with Crippen LogP contribution in [0.1, 0.15) is 96.1 Å². The Morgan fingerprint density at radius 1 is 0.955 bits per heavy atom. The van der Waals surface area contributed by atoms with Crippen molar-refractivity contribution in [3.05, 3.63) is 87.5 Å². The number of ketones is 1. The first-order valence-corrected chi connectivity index (χ1v) is 24.2. The van der Waals surface area contributed by atoms with Crippen molar-refractivity contribution in [3.8, 4) is 11.8 Å². The number of hydrogen-bond acceptors (Lipinski definition) is 11. The second-order valence-electron chi connectivity index (χ2n) is 20.3. The fourth-order valence-electron chi connectivity index (χ4n) is 10.2. The second kappa shape index (κ2) is 22.1. The maximum atomic E-state index is 14.0. The van der Waals surface area contributed by atoms with E-state index in [1.165, 1.54) is 4.90 Å². The maximum absolute atomic E-state index is 14.0. The van der Waals surface area contributed by atoms with Gasteiger partial charge in [-0.25, -0.2) is 4.98 Å². The highest BCUT2D eigenvalue weighted by Crippen LogP contribution is 2.61. The van der Waals surface area contributed by atoms with Crippen LogP contribution in [0.25, 0.3) is 0 Å². The normalized spacial score (nSPS) is 22.1. The molecule has 16 heteroatoms. The highest BCUT2D eigenvalue weighted by atomic mass is 35.5. The number of nitrogens with zero attached hydrogens (tertiary/aromatic N) is 5. The van der Waals surface area contributed by atoms with Crippen LogP contribution in [-0.4, -0.2) is 120 Å². The largest absolute Gasteiger partial charge is 0.489 e. The lowest BCUT2D eigenvalue weighted by Gasteiger charge is -2.63. The van der Waals surface area contributed by atoms with Crippen LogP contribution in [0.2, 0.25) is 10.0 Å². The zero-order valence-electron chi connectivity index (χ0n) is 40.1. The Hall–Kier alpha value is -4.78. The highest BCUT2D eigenvalue weighted by Gasteiger charge is 2.63. The van der Waals surface area contributed by atoms with Crippen LogP contribution in [0.3, 0.4) is 0 Å². The number of halogens is 2. The predicted octanol–water partition coefficient (Wildman–Crippen LogP) is 6.93. The van der Waals surface area contributed by atoms with Gasteiger partial charge < -0.3 is 35.0 Å². The first-order chi connectivity index (χ1) is 31.7. The van der Waals surface area contributed by atoms with Crippen molar-refractivity contribution in [3.63, 3.8) is 0 Å². The van der Waals surface area contributed by atoms with Crippen molar-refractivity contribution < 1.29 is 33.8 Å². The molecule has 2 aromatic carbocycles. The third-order valence-electron chi connectivity index (χ3n) is 13.8. The van der Waals surface area contributed by atoms with Crippen LogP contribution >= 0.6 is 23.2 Å². The van der Waals surface area contributed by atoms with Crippen molar-refractivity contribution in [2.75, 3.05) is 50.8 Å². The minimum Gasteiger partial charge on any atom is -0.489 e. The number of rotatable bonds is 19. The van der Waals surface area contributed by atoms with Gasteiger partial charge in [0.15, 0.2) is 5.78 Å². The number of amides is 3. The molecule has 3 amide bonds. The number of aliphatic hydroxyl groups excluding tert-OH is 1. The van der Waals surface area contributed by atoms with E-state index in [0.29, 0.717) is 52.9 Å². The lowest BCUT2D eigenvalue weighted by Crippen LogP contribution is -2.66. The monoisotopic (exact) mass is 959 g/mol. The van der Waals surface area contributed by atoms with Crippen molar-refractivity contribution in [1.29, 1.82) is 5.26 Å². The van der Waals surface area contributed by atoms with E-state index in [1.54, 1.807) is 36.5 Å². The summed E-state index contributed by atoms with van der Waals surface area (Å²) in [4.78, 5) is 65.4. The molecule has 67 heavy (non-hydrogen) atoms. The predicted molar refractivity (Wildman–Crippen MR) is 259 cm³/mol. The zero-order chi connectivity index (χ0) is 48.8. The number of β-amino-alcohol motifs (C(OH)–C–C–N with tert-alkyl or cyclic N) is 1. The van der Waals surface area contributed by atoms with Gasteiger partial charge in [-0.05, 0) is 66.1 Å². The Bertz CT molecular complexity index is 2240. The summed E-state index contributed by atoms with van der Waals surface area (Å²) in [5, 5.41) is 26.6. The molecule has 6 rings (SSSR count). The number of benzene rings is 2. The number of Topliss-reactive ketones (excluding diaryl/α,β-unsaturated/α-hetero) is 1. The number of ether oxygens (including phenoxy) is 2. The first-order valence-electron chi connectivity index (χ1n) is 23.4. The lowest BCUT2D eigenvalue weighted by molar-refractivity contribution is -0.196. The SMILES string of the molecule is CC(C)C[C@H](OCCN1CCN(c2ccc(C(=O)CC3C(C)(C)C(Oc4ccc(C#N)c(Cl)c4)C3(C)C)cn2)CC1)C(=O)N[C@H](C(=O)N1C[C@H](O)C[C@H]1C(=O)NCc1ccc(Cl)cc1)C(C)C. The Labute approximate surface area is 405 Å². The van der Waals surface area contributed by atoms with Crippen LogP contribution in [0.4, 0.5) is 5.82 Å². The number of aromatic nitrogens is 1. The van der Waals surface area contributed by atoms with Gasteiger partial charge in [0.25, 0.3) is 0 Å². The van der Waals surface area contributed by atoms with Crippen LogP contribution in [0.5, 0.6) is 5.75 Å². The number of carbonyl (C=O) groups excluding carboxylic acids is 4. The summed E-state index contributed by atoms with van der Waals surface area (Å²) in [6, 6.07) is 16.2. The molecule has 14 nitrogen and oxygen atoms in total. The van der Waals surface area contributed by atoms with E-state index in [9.17, 15) is 29.5 Å².